The van der Waals surface area contributed by atoms with Crippen molar-refractivity contribution in [2.24, 2.45) is 5.92 Å². The highest BCUT2D eigenvalue weighted by molar-refractivity contribution is 7.18. The molecule has 1 unspecified atom stereocenters. The molecule has 3 rings (SSSR count). The Morgan fingerprint density at radius 1 is 1.36 bits per heavy atom. The van der Waals surface area contributed by atoms with Crippen LogP contribution in [-0.4, -0.2) is 21.5 Å². The third kappa shape index (κ3) is 3.78. The second-order valence-electron chi connectivity index (χ2n) is 7.21. The molecule has 0 saturated heterocycles. The summed E-state index contributed by atoms with van der Waals surface area (Å²) in [4.78, 5) is 31.7. The highest BCUT2D eigenvalue weighted by atomic mass is 32.1. The van der Waals surface area contributed by atoms with Gasteiger partial charge in [-0.3, -0.25) is 14.2 Å². The van der Waals surface area contributed by atoms with Crippen molar-refractivity contribution in [3.05, 3.63) is 27.1 Å². The van der Waals surface area contributed by atoms with Crippen molar-refractivity contribution in [3.63, 3.8) is 0 Å². The van der Waals surface area contributed by atoms with Crippen LogP contribution in [0, 0.1) is 5.92 Å². The Kier molecular flexibility index (Phi) is 5.57. The number of hydrogen-bond acceptors (Lipinski definition) is 4. The van der Waals surface area contributed by atoms with Gasteiger partial charge in [0.25, 0.3) is 5.56 Å². The van der Waals surface area contributed by atoms with E-state index in [-0.39, 0.29) is 17.5 Å². The second-order valence-corrected chi connectivity index (χ2v) is 8.29. The van der Waals surface area contributed by atoms with Crippen molar-refractivity contribution < 1.29 is 4.79 Å². The molecule has 136 valence electrons. The first-order chi connectivity index (χ1) is 12.0. The van der Waals surface area contributed by atoms with Crippen LogP contribution in [0.2, 0.25) is 0 Å². The predicted octanol–water partition coefficient (Wildman–Crippen LogP) is 3.28. The first-order valence-corrected chi connectivity index (χ1v) is 10.1. The Morgan fingerprint density at radius 3 is 2.84 bits per heavy atom. The second kappa shape index (κ2) is 7.68. The molecule has 1 aliphatic carbocycles. The van der Waals surface area contributed by atoms with E-state index in [2.05, 4.69) is 31.1 Å². The molecule has 1 aliphatic rings. The molecule has 5 nitrogen and oxygen atoms in total. The van der Waals surface area contributed by atoms with Gasteiger partial charge < -0.3 is 5.32 Å². The molecule has 0 fully saturated rings. The van der Waals surface area contributed by atoms with Crippen molar-refractivity contribution in [1.82, 2.24) is 14.9 Å². The maximum absolute atomic E-state index is 12.9. The van der Waals surface area contributed by atoms with E-state index in [1.54, 1.807) is 22.2 Å². The maximum Gasteiger partial charge on any atom is 0.262 e. The number of carbonyl (C=O) groups is 1. The average Bonchev–Trinajstić information content (AvgIpc) is 2.98. The van der Waals surface area contributed by atoms with Crippen molar-refractivity contribution in [2.45, 2.75) is 71.9 Å². The van der Waals surface area contributed by atoms with Gasteiger partial charge in [-0.1, -0.05) is 20.8 Å². The number of fused-ring (bicyclic) bond motifs is 3. The van der Waals surface area contributed by atoms with E-state index in [9.17, 15) is 9.59 Å². The van der Waals surface area contributed by atoms with E-state index >= 15 is 0 Å². The molecule has 0 radical (unpaired) electrons. The molecule has 1 atom stereocenters. The minimum atomic E-state index is -0.0000977. The van der Waals surface area contributed by atoms with Gasteiger partial charge >= 0.3 is 0 Å². The van der Waals surface area contributed by atoms with Gasteiger partial charge in [-0.2, -0.15) is 0 Å². The Balaban J connectivity index is 1.75. The molecule has 0 saturated carbocycles. The molecule has 0 aliphatic heterocycles. The van der Waals surface area contributed by atoms with Crippen LogP contribution in [0.25, 0.3) is 10.2 Å². The number of nitrogens with zero attached hydrogens (tertiary/aromatic N) is 2. The van der Waals surface area contributed by atoms with E-state index in [0.717, 1.165) is 35.9 Å². The zero-order chi connectivity index (χ0) is 18.0. The Bertz CT molecular complexity index is 822. The van der Waals surface area contributed by atoms with Crippen molar-refractivity contribution in [2.75, 3.05) is 0 Å². The minimum Gasteiger partial charge on any atom is -0.353 e. The summed E-state index contributed by atoms with van der Waals surface area (Å²) in [6, 6.07) is 0.189. The van der Waals surface area contributed by atoms with Gasteiger partial charge in [-0.15, -0.1) is 11.3 Å². The summed E-state index contributed by atoms with van der Waals surface area (Å²) < 4.78 is 1.60. The van der Waals surface area contributed by atoms with Gasteiger partial charge in [-0.25, -0.2) is 4.98 Å². The molecule has 0 spiro atoms. The lowest BCUT2D eigenvalue weighted by Crippen LogP contribution is -2.38. The van der Waals surface area contributed by atoms with Crippen molar-refractivity contribution >= 4 is 27.5 Å². The lowest BCUT2D eigenvalue weighted by Gasteiger charge is -2.20. The normalized spacial score (nSPS) is 15.4. The molecule has 0 bridgehead atoms. The van der Waals surface area contributed by atoms with Gasteiger partial charge in [-0.05, 0) is 43.6 Å². The fraction of sp³-hybridized carbons (Fsp3) is 0.632. The Labute approximate surface area is 152 Å². The summed E-state index contributed by atoms with van der Waals surface area (Å²) in [6.45, 7) is 6.67. The molecule has 1 N–H and O–H groups in total. The molecule has 2 aromatic heterocycles. The molecular formula is C19H27N3O2S. The number of carbonyl (C=O) groups excluding carboxylic acids is 1. The number of nitrogens with one attached hydrogen (secondary N) is 1. The molecule has 0 aromatic carbocycles. The zero-order valence-corrected chi connectivity index (χ0v) is 16.1. The van der Waals surface area contributed by atoms with Gasteiger partial charge in [0.05, 0.1) is 11.7 Å². The Hall–Kier alpha value is -1.69. The standard InChI is InChI=1S/C19H27N3O2S/c1-4-14(12(2)3)21-16(23)9-10-22-11-20-18-17(19(22)24)13-7-5-6-8-15(13)25-18/h11-12,14H,4-10H2,1-3H3,(H,21,23). The Morgan fingerprint density at radius 2 is 2.12 bits per heavy atom. The number of thiophene rings is 1. The van der Waals surface area contributed by atoms with Crippen LogP contribution in [0.15, 0.2) is 11.1 Å². The lowest BCUT2D eigenvalue weighted by molar-refractivity contribution is -0.122. The summed E-state index contributed by atoms with van der Waals surface area (Å²) in [5.74, 6) is 0.409. The van der Waals surface area contributed by atoms with Crippen LogP contribution in [-0.2, 0) is 24.2 Å². The monoisotopic (exact) mass is 361 g/mol. The van der Waals surface area contributed by atoms with Crippen LogP contribution in [0.1, 0.15) is 56.9 Å². The van der Waals surface area contributed by atoms with Crippen molar-refractivity contribution in [3.8, 4) is 0 Å². The average molecular weight is 362 g/mol. The van der Waals surface area contributed by atoms with Gasteiger partial charge in [0, 0.05) is 23.9 Å². The number of hydrogen-bond donors (Lipinski definition) is 1. The van der Waals surface area contributed by atoms with Crippen LogP contribution in [0.4, 0.5) is 0 Å². The van der Waals surface area contributed by atoms with Crippen molar-refractivity contribution in [1.29, 1.82) is 0 Å². The minimum absolute atomic E-state index is 0.0000977. The fourth-order valence-corrected chi connectivity index (χ4v) is 4.80. The van der Waals surface area contributed by atoms with E-state index in [0.29, 0.717) is 18.9 Å². The van der Waals surface area contributed by atoms with E-state index in [4.69, 9.17) is 0 Å². The molecular weight excluding hydrogens is 334 g/mol. The largest absolute Gasteiger partial charge is 0.353 e. The lowest BCUT2D eigenvalue weighted by atomic mass is 9.97. The van der Waals surface area contributed by atoms with Crippen LogP contribution < -0.4 is 10.9 Å². The maximum atomic E-state index is 12.9. The third-order valence-electron chi connectivity index (χ3n) is 5.11. The molecule has 6 heteroatoms. The molecule has 2 heterocycles. The first-order valence-electron chi connectivity index (χ1n) is 9.30. The molecule has 2 aromatic rings. The highest BCUT2D eigenvalue weighted by Gasteiger charge is 2.20. The van der Waals surface area contributed by atoms with E-state index < -0.39 is 0 Å². The number of aryl methyl sites for hydroxylation is 3. The SMILES string of the molecule is CCC(NC(=O)CCn1cnc2sc3c(c2c1=O)CCCC3)C(C)C. The van der Waals surface area contributed by atoms with Gasteiger partial charge in [0.2, 0.25) is 5.91 Å². The quantitative estimate of drug-likeness (QED) is 0.859. The zero-order valence-electron chi connectivity index (χ0n) is 15.3. The summed E-state index contributed by atoms with van der Waals surface area (Å²) >= 11 is 1.66. The predicted molar refractivity (Wildman–Crippen MR) is 102 cm³/mol. The summed E-state index contributed by atoms with van der Waals surface area (Å²) in [7, 11) is 0. The highest BCUT2D eigenvalue weighted by Crippen LogP contribution is 2.33. The topological polar surface area (TPSA) is 64.0 Å². The van der Waals surface area contributed by atoms with Crippen LogP contribution >= 0.6 is 11.3 Å². The summed E-state index contributed by atoms with van der Waals surface area (Å²) in [6.07, 6.45) is 7.20. The third-order valence-corrected chi connectivity index (χ3v) is 6.31. The van der Waals surface area contributed by atoms with Crippen LogP contribution in [0.5, 0.6) is 0 Å². The first kappa shape index (κ1) is 18.1. The number of amides is 1. The van der Waals surface area contributed by atoms with E-state index in [1.165, 1.54) is 16.9 Å². The summed E-state index contributed by atoms with van der Waals surface area (Å²) in [5, 5.41) is 3.85. The number of rotatable bonds is 6. The van der Waals surface area contributed by atoms with Gasteiger partial charge in [0.15, 0.2) is 0 Å². The molecule has 1 amide bonds. The van der Waals surface area contributed by atoms with Crippen LogP contribution in [0.3, 0.4) is 0 Å². The van der Waals surface area contributed by atoms with E-state index in [1.807, 2.05) is 0 Å². The number of aromatic nitrogens is 2. The fourth-order valence-electron chi connectivity index (χ4n) is 3.58. The van der Waals surface area contributed by atoms with Gasteiger partial charge in [0.1, 0.15) is 4.83 Å². The molecule has 25 heavy (non-hydrogen) atoms. The smallest absolute Gasteiger partial charge is 0.262 e. The summed E-state index contributed by atoms with van der Waals surface area (Å²) in [5.41, 5.74) is 1.21.